The van der Waals surface area contributed by atoms with Crippen LogP contribution in [-0.2, 0) is 14.6 Å². The summed E-state index contributed by atoms with van der Waals surface area (Å²) in [4.78, 5) is 48.0. The van der Waals surface area contributed by atoms with E-state index < -0.39 is 15.9 Å². The van der Waals surface area contributed by atoms with Gasteiger partial charge in [0.15, 0.2) is 0 Å². The maximum absolute atomic E-state index is 13.5. The number of thiophene rings is 1. The molecule has 2 N–H and O–H groups in total. The molecule has 2 aromatic carbocycles. The number of carbonyl (C=O) groups is 3. The van der Waals surface area contributed by atoms with Crippen molar-refractivity contribution in [2.75, 3.05) is 35.3 Å². The highest BCUT2D eigenvalue weighted by Gasteiger charge is 2.35. The number of hydrogen-bond acceptors (Lipinski definition) is 8. The summed E-state index contributed by atoms with van der Waals surface area (Å²) in [6.07, 6.45) is 3.18. The Morgan fingerprint density at radius 1 is 1.12 bits per heavy atom. The molecule has 4 amide bonds. The Hall–Kier alpha value is -4.49. The fraction of sp³-hybridized carbons (Fsp3) is 0.267. The van der Waals surface area contributed by atoms with Gasteiger partial charge in [-0.1, -0.05) is 18.2 Å². The van der Waals surface area contributed by atoms with Crippen LogP contribution in [0, 0.1) is 6.92 Å². The van der Waals surface area contributed by atoms with E-state index in [1.807, 2.05) is 49.4 Å². The first-order chi connectivity index (χ1) is 20.6. The van der Waals surface area contributed by atoms with Crippen LogP contribution in [0.3, 0.4) is 0 Å². The lowest BCUT2D eigenvalue weighted by molar-refractivity contribution is -0.129. The van der Waals surface area contributed by atoms with Gasteiger partial charge in [0, 0.05) is 38.0 Å². The summed E-state index contributed by atoms with van der Waals surface area (Å²) >= 11 is 1.19. The van der Waals surface area contributed by atoms with Gasteiger partial charge in [-0.2, -0.15) is 0 Å². The number of carbonyl (C=O) groups excluding carboxylic acids is 3. The Morgan fingerprint density at radius 2 is 1.91 bits per heavy atom. The maximum atomic E-state index is 13.5. The van der Waals surface area contributed by atoms with Crippen LogP contribution in [0.2, 0.25) is 0 Å². The van der Waals surface area contributed by atoms with Crippen LogP contribution < -0.4 is 20.3 Å². The van der Waals surface area contributed by atoms with E-state index in [2.05, 4.69) is 15.6 Å². The number of pyridine rings is 1. The third-order valence-corrected chi connectivity index (χ3v) is 9.45. The number of nitrogens with one attached hydrogen (secondary N) is 2. The Balaban J connectivity index is 1.22. The summed E-state index contributed by atoms with van der Waals surface area (Å²) in [5.41, 5.74) is 2.51. The minimum atomic E-state index is -3.24. The normalized spacial score (nSPS) is 16.3. The number of nitrogens with zero attached hydrogens (tertiary/aromatic N) is 3. The monoisotopic (exact) mass is 619 g/mol. The summed E-state index contributed by atoms with van der Waals surface area (Å²) in [6.45, 7) is 2.62. The molecule has 222 valence electrons. The largest absolute Gasteiger partial charge is 0.457 e. The van der Waals surface area contributed by atoms with Crippen molar-refractivity contribution < 1.29 is 27.5 Å². The zero-order valence-corrected chi connectivity index (χ0v) is 25.1. The van der Waals surface area contributed by atoms with Crippen molar-refractivity contribution in [2.24, 2.45) is 0 Å². The van der Waals surface area contributed by atoms with Crippen LogP contribution in [0.4, 0.5) is 21.9 Å². The number of aromatic nitrogens is 1. The van der Waals surface area contributed by atoms with Crippen molar-refractivity contribution in [2.45, 2.75) is 25.8 Å². The van der Waals surface area contributed by atoms with Gasteiger partial charge >= 0.3 is 6.03 Å². The number of ether oxygens (including phenoxy) is 1. The molecule has 2 aliphatic heterocycles. The first-order valence-electron chi connectivity index (χ1n) is 13.7. The van der Waals surface area contributed by atoms with E-state index >= 15 is 0 Å². The van der Waals surface area contributed by atoms with Crippen LogP contribution in [0.1, 0.15) is 28.1 Å². The fourth-order valence-electron chi connectivity index (χ4n) is 5.34. The minimum absolute atomic E-state index is 0.0841. The van der Waals surface area contributed by atoms with Crippen molar-refractivity contribution in [3.63, 3.8) is 0 Å². The van der Waals surface area contributed by atoms with Crippen LogP contribution in [-0.4, -0.2) is 67.3 Å². The molecule has 0 aliphatic carbocycles. The topological polar surface area (TPSA) is 138 Å². The zero-order chi connectivity index (χ0) is 30.3. The van der Waals surface area contributed by atoms with E-state index in [1.54, 1.807) is 28.1 Å². The number of likely N-dealkylation sites (tertiary alicyclic amines) is 1. The molecule has 0 radical (unpaired) electrons. The highest BCUT2D eigenvalue weighted by atomic mass is 32.2. The van der Waals surface area contributed by atoms with Crippen LogP contribution in [0.15, 0.2) is 60.8 Å². The lowest BCUT2D eigenvalue weighted by atomic mass is 10.1. The molecule has 0 bridgehead atoms. The number of amides is 4. The van der Waals surface area contributed by atoms with E-state index in [1.165, 1.54) is 11.3 Å². The van der Waals surface area contributed by atoms with E-state index in [-0.39, 0.29) is 30.0 Å². The SMILES string of the molecule is Cc1cc(Oc2ccccc2)ccc1N1C(=O)Nc2c(C(=O)N[C@@H]3CCN(C(=O)CCS(C)(=O)=O)C3)sc3nccc1c23. The molecule has 6 rings (SSSR count). The summed E-state index contributed by atoms with van der Waals surface area (Å²) in [7, 11) is -3.24. The van der Waals surface area contributed by atoms with Crippen molar-refractivity contribution in [3.8, 4) is 11.5 Å². The summed E-state index contributed by atoms with van der Waals surface area (Å²) < 4.78 is 28.8. The number of anilines is 3. The predicted molar refractivity (Wildman–Crippen MR) is 165 cm³/mol. The van der Waals surface area contributed by atoms with Gasteiger partial charge in [-0.15, -0.1) is 11.3 Å². The number of rotatable bonds is 8. The molecule has 1 fully saturated rings. The number of benzene rings is 2. The maximum Gasteiger partial charge on any atom is 0.331 e. The molecule has 4 aromatic rings. The first-order valence-corrected chi connectivity index (χ1v) is 16.6. The molecule has 0 saturated carbocycles. The van der Waals surface area contributed by atoms with Gasteiger partial charge in [0.2, 0.25) is 5.91 Å². The Bertz CT molecular complexity index is 1860. The molecular formula is C30H29N5O6S2. The van der Waals surface area contributed by atoms with Gasteiger partial charge in [0.1, 0.15) is 31.0 Å². The smallest absolute Gasteiger partial charge is 0.331 e. The molecular weight excluding hydrogens is 590 g/mol. The molecule has 11 nitrogen and oxygen atoms in total. The molecule has 0 unspecified atom stereocenters. The van der Waals surface area contributed by atoms with Gasteiger partial charge in [0.05, 0.1) is 28.2 Å². The standard InChI is InChI=1S/C30H29N5O6S2/c1-18-16-21(41-20-6-4-3-5-7-20)8-9-22(18)35-23-10-13-31-29-25(23)26(33-30(35)38)27(42-29)28(37)32-19-11-14-34(17-19)24(36)12-15-43(2,39)40/h3-10,13,16,19H,11-12,14-15,17H2,1-2H3,(H,32,37)(H,33,38)/t19-/m1/s1. The van der Waals surface area contributed by atoms with Crippen molar-refractivity contribution in [1.82, 2.24) is 15.2 Å². The van der Waals surface area contributed by atoms with Crippen molar-refractivity contribution in [1.29, 1.82) is 0 Å². The molecule has 4 heterocycles. The average Bonchev–Trinajstić information content (AvgIpc) is 3.58. The number of aryl methyl sites for hydroxylation is 1. The van der Waals surface area contributed by atoms with E-state index in [0.29, 0.717) is 63.2 Å². The summed E-state index contributed by atoms with van der Waals surface area (Å²) in [5.74, 6) is 0.519. The average molecular weight is 620 g/mol. The highest BCUT2D eigenvalue weighted by Crippen LogP contribution is 2.46. The Kier molecular flexibility index (Phi) is 7.52. The van der Waals surface area contributed by atoms with Gasteiger partial charge < -0.3 is 20.3 Å². The third-order valence-electron chi connectivity index (χ3n) is 7.40. The Morgan fingerprint density at radius 3 is 2.65 bits per heavy atom. The first kappa shape index (κ1) is 28.6. The second kappa shape index (κ2) is 11.3. The van der Waals surface area contributed by atoms with Gasteiger partial charge in [-0.05, 0) is 55.3 Å². The molecule has 43 heavy (non-hydrogen) atoms. The molecule has 2 aliphatic rings. The van der Waals surface area contributed by atoms with E-state index in [4.69, 9.17) is 4.74 Å². The van der Waals surface area contributed by atoms with Crippen LogP contribution >= 0.6 is 11.3 Å². The van der Waals surface area contributed by atoms with Crippen LogP contribution in [0.25, 0.3) is 10.2 Å². The third kappa shape index (κ3) is 5.90. The van der Waals surface area contributed by atoms with E-state index in [9.17, 15) is 22.8 Å². The lowest BCUT2D eigenvalue weighted by Crippen LogP contribution is -2.39. The van der Waals surface area contributed by atoms with Gasteiger partial charge in [-0.25, -0.2) is 18.2 Å². The zero-order valence-electron chi connectivity index (χ0n) is 23.5. The highest BCUT2D eigenvalue weighted by molar-refractivity contribution is 7.90. The number of sulfone groups is 1. The van der Waals surface area contributed by atoms with Gasteiger partial charge in [0.25, 0.3) is 5.91 Å². The number of urea groups is 1. The van der Waals surface area contributed by atoms with Crippen LogP contribution in [0.5, 0.6) is 11.5 Å². The van der Waals surface area contributed by atoms with Gasteiger partial charge in [-0.3, -0.25) is 14.5 Å². The molecule has 1 atom stereocenters. The molecule has 1 saturated heterocycles. The van der Waals surface area contributed by atoms with Crippen molar-refractivity contribution in [3.05, 3.63) is 71.2 Å². The summed E-state index contributed by atoms with van der Waals surface area (Å²) in [6, 6.07) is 16.0. The number of hydrogen-bond donors (Lipinski definition) is 2. The molecule has 13 heteroatoms. The quantitative estimate of drug-likeness (QED) is 0.288. The Labute approximate surface area is 252 Å². The minimum Gasteiger partial charge on any atom is -0.457 e. The predicted octanol–water partition coefficient (Wildman–Crippen LogP) is 4.85. The molecule has 2 aromatic heterocycles. The second-order valence-corrected chi connectivity index (χ2v) is 13.9. The lowest BCUT2D eigenvalue weighted by Gasteiger charge is -2.29. The number of para-hydroxylation sites is 1. The summed E-state index contributed by atoms with van der Waals surface area (Å²) in [5, 5.41) is 6.56. The fourth-order valence-corrected chi connectivity index (χ4v) is 6.90. The molecule has 0 spiro atoms. The second-order valence-electron chi connectivity index (χ2n) is 10.6. The van der Waals surface area contributed by atoms with E-state index in [0.717, 1.165) is 11.8 Å². The van der Waals surface area contributed by atoms with Crippen molar-refractivity contribution >= 4 is 66.3 Å².